The first kappa shape index (κ1) is 14.4. The lowest BCUT2D eigenvalue weighted by Crippen LogP contribution is -2.16. The second-order valence-electron chi connectivity index (χ2n) is 4.66. The minimum Gasteiger partial charge on any atom is -0.319 e. The maximum atomic E-state index is 14.3. The second-order valence-corrected chi connectivity index (χ2v) is 5.89. The van der Waals surface area contributed by atoms with Crippen molar-refractivity contribution in [2.45, 2.75) is 6.04 Å². The van der Waals surface area contributed by atoms with Crippen molar-refractivity contribution in [3.63, 3.8) is 0 Å². The summed E-state index contributed by atoms with van der Waals surface area (Å²) in [7, 11) is 0. The first-order valence-electron chi connectivity index (χ1n) is 6.32. The number of fused-ring (bicyclic) bond motifs is 1. The SMILES string of the molecule is NC(c1ccc(Br)c(Cl)c1F)c1nccc2ccccc12. The zero-order valence-electron chi connectivity index (χ0n) is 10.9. The van der Waals surface area contributed by atoms with E-state index in [-0.39, 0.29) is 5.02 Å². The van der Waals surface area contributed by atoms with Crippen molar-refractivity contribution in [2.24, 2.45) is 5.73 Å². The van der Waals surface area contributed by atoms with Gasteiger partial charge >= 0.3 is 0 Å². The Morgan fingerprint density at radius 1 is 1.14 bits per heavy atom. The average molecular weight is 366 g/mol. The Labute approximate surface area is 134 Å². The normalized spacial score (nSPS) is 12.6. The molecule has 1 atom stereocenters. The molecular formula is C16H11BrClFN2. The van der Waals surface area contributed by atoms with Crippen LogP contribution in [0.5, 0.6) is 0 Å². The van der Waals surface area contributed by atoms with Crippen molar-refractivity contribution in [3.05, 3.63) is 75.2 Å². The fraction of sp³-hybridized carbons (Fsp3) is 0.0625. The van der Waals surface area contributed by atoms with Crippen LogP contribution in [0.15, 0.2) is 53.1 Å². The van der Waals surface area contributed by atoms with Crippen LogP contribution in [0.4, 0.5) is 4.39 Å². The molecule has 2 aromatic carbocycles. The van der Waals surface area contributed by atoms with Gasteiger partial charge in [0, 0.05) is 21.6 Å². The van der Waals surface area contributed by atoms with E-state index in [1.54, 1.807) is 18.3 Å². The molecule has 1 unspecified atom stereocenters. The molecule has 0 bridgehead atoms. The summed E-state index contributed by atoms with van der Waals surface area (Å²) in [6.07, 6.45) is 1.68. The lowest BCUT2D eigenvalue weighted by atomic mass is 9.99. The van der Waals surface area contributed by atoms with Crippen molar-refractivity contribution in [3.8, 4) is 0 Å². The summed E-state index contributed by atoms with van der Waals surface area (Å²) in [5.41, 5.74) is 7.18. The fourth-order valence-electron chi connectivity index (χ4n) is 2.32. The van der Waals surface area contributed by atoms with Gasteiger partial charge in [0.25, 0.3) is 0 Å². The van der Waals surface area contributed by atoms with Crippen LogP contribution >= 0.6 is 27.5 Å². The van der Waals surface area contributed by atoms with Crippen LogP contribution in [0.2, 0.25) is 5.02 Å². The molecule has 1 aromatic heterocycles. The average Bonchev–Trinajstić information content (AvgIpc) is 2.51. The Hall–Kier alpha value is -1.49. The summed E-state index contributed by atoms with van der Waals surface area (Å²) >= 11 is 9.13. The van der Waals surface area contributed by atoms with Gasteiger partial charge in [-0.15, -0.1) is 0 Å². The van der Waals surface area contributed by atoms with E-state index in [0.29, 0.717) is 15.7 Å². The lowest BCUT2D eigenvalue weighted by Gasteiger charge is -2.16. The van der Waals surface area contributed by atoms with E-state index < -0.39 is 11.9 Å². The highest BCUT2D eigenvalue weighted by atomic mass is 79.9. The molecule has 0 spiro atoms. The highest BCUT2D eigenvalue weighted by molar-refractivity contribution is 9.10. The predicted molar refractivity (Wildman–Crippen MR) is 86.9 cm³/mol. The Kier molecular flexibility index (Phi) is 3.93. The van der Waals surface area contributed by atoms with Gasteiger partial charge in [-0.2, -0.15) is 0 Å². The third kappa shape index (κ3) is 2.55. The summed E-state index contributed by atoms with van der Waals surface area (Å²) in [6.45, 7) is 0. The van der Waals surface area contributed by atoms with Crippen LogP contribution in [-0.4, -0.2) is 4.98 Å². The molecule has 21 heavy (non-hydrogen) atoms. The van der Waals surface area contributed by atoms with E-state index in [2.05, 4.69) is 20.9 Å². The van der Waals surface area contributed by atoms with Crippen molar-refractivity contribution >= 4 is 38.3 Å². The second kappa shape index (κ2) is 5.72. The van der Waals surface area contributed by atoms with Gasteiger partial charge < -0.3 is 5.73 Å². The fourth-order valence-corrected chi connectivity index (χ4v) is 2.80. The van der Waals surface area contributed by atoms with Gasteiger partial charge in [-0.05, 0) is 33.4 Å². The number of benzene rings is 2. The van der Waals surface area contributed by atoms with Crippen molar-refractivity contribution in [2.75, 3.05) is 0 Å². The molecule has 0 fully saturated rings. The molecule has 2 nitrogen and oxygen atoms in total. The van der Waals surface area contributed by atoms with E-state index in [9.17, 15) is 4.39 Å². The molecule has 2 N–H and O–H groups in total. The molecule has 0 radical (unpaired) electrons. The Morgan fingerprint density at radius 2 is 1.90 bits per heavy atom. The van der Waals surface area contributed by atoms with Gasteiger partial charge in [0.15, 0.2) is 0 Å². The van der Waals surface area contributed by atoms with Gasteiger partial charge in [0.05, 0.1) is 16.8 Å². The van der Waals surface area contributed by atoms with E-state index in [1.807, 2.05) is 30.3 Å². The minimum atomic E-state index is -0.679. The quantitative estimate of drug-likeness (QED) is 0.660. The summed E-state index contributed by atoms with van der Waals surface area (Å²) in [5.74, 6) is -0.520. The van der Waals surface area contributed by atoms with Crippen LogP contribution in [0.3, 0.4) is 0 Å². The molecule has 1 heterocycles. The zero-order valence-corrected chi connectivity index (χ0v) is 13.2. The smallest absolute Gasteiger partial charge is 0.148 e. The number of halogens is 3. The number of nitrogens with two attached hydrogens (primary N) is 1. The van der Waals surface area contributed by atoms with Crippen LogP contribution < -0.4 is 5.73 Å². The van der Waals surface area contributed by atoms with Crippen molar-refractivity contribution in [1.82, 2.24) is 4.98 Å². The molecule has 0 amide bonds. The topological polar surface area (TPSA) is 38.9 Å². The molecule has 3 aromatic rings. The Balaban J connectivity index is 2.17. The summed E-state index contributed by atoms with van der Waals surface area (Å²) in [5, 5.41) is 1.95. The van der Waals surface area contributed by atoms with Crippen LogP contribution in [0.1, 0.15) is 17.3 Å². The van der Waals surface area contributed by atoms with E-state index in [0.717, 1.165) is 10.8 Å². The monoisotopic (exact) mass is 364 g/mol. The maximum absolute atomic E-state index is 14.3. The number of hydrogen-bond acceptors (Lipinski definition) is 2. The van der Waals surface area contributed by atoms with Gasteiger partial charge in [-0.3, -0.25) is 4.98 Å². The van der Waals surface area contributed by atoms with Gasteiger partial charge in [-0.25, -0.2) is 4.39 Å². The van der Waals surface area contributed by atoms with E-state index >= 15 is 0 Å². The number of aromatic nitrogens is 1. The van der Waals surface area contributed by atoms with Crippen molar-refractivity contribution in [1.29, 1.82) is 0 Å². The lowest BCUT2D eigenvalue weighted by molar-refractivity contribution is 0.597. The van der Waals surface area contributed by atoms with Crippen LogP contribution in [0, 0.1) is 5.82 Å². The number of nitrogens with zero attached hydrogens (tertiary/aromatic N) is 1. The molecule has 106 valence electrons. The van der Waals surface area contributed by atoms with Crippen LogP contribution in [-0.2, 0) is 0 Å². The largest absolute Gasteiger partial charge is 0.319 e. The first-order chi connectivity index (χ1) is 10.1. The molecule has 0 saturated heterocycles. The van der Waals surface area contributed by atoms with Gasteiger partial charge in [0.2, 0.25) is 0 Å². The third-order valence-electron chi connectivity index (χ3n) is 3.40. The highest BCUT2D eigenvalue weighted by Gasteiger charge is 2.20. The molecule has 0 aliphatic carbocycles. The molecule has 0 saturated carbocycles. The summed E-state index contributed by atoms with van der Waals surface area (Å²) in [4.78, 5) is 4.33. The van der Waals surface area contributed by atoms with Gasteiger partial charge in [-0.1, -0.05) is 41.9 Å². The molecule has 5 heteroatoms. The number of rotatable bonds is 2. The predicted octanol–water partition coefficient (Wildman–Crippen LogP) is 4.84. The third-order valence-corrected chi connectivity index (χ3v) is 4.66. The Bertz CT molecular complexity index is 817. The van der Waals surface area contributed by atoms with Crippen LogP contribution in [0.25, 0.3) is 10.8 Å². The first-order valence-corrected chi connectivity index (χ1v) is 7.49. The van der Waals surface area contributed by atoms with E-state index in [4.69, 9.17) is 17.3 Å². The van der Waals surface area contributed by atoms with E-state index in [1.165, 1.54) is 0 Å². The minimum absolute atomic E-state index is 0.0307. The molecule has 0 aliphatic heterocycles. The van der Waals surface area contributed by atoms with Gasteiger partial charge in [0.1, 0.15) is 5.82 Å². The molecule has 0 aliphatic rings. The summed E-state index contributed by atoms with van der Waals surface area (Å²) < 4.78 is 14.8. The standard InChI is InChI=1S/C16H11BrClFN2/c17-12-6-5-11(14(19)13(12)18)15(20)16-10-4-2-1-3-9(10)7-8-21-16/h1-8,15H,20H2. The Morgan fingerprint density at radius 3 is 2.71 bits per heavy atom. The molecular weight excluding hydrogens is 355 g/mol. The summed E-state index contributed by atoms with van der Waals surface area (Å²) in [6, 6.07) is 12.3. The van der Waals surface area contributed by atoms with Crippen molar-refractivity contribution < 1.29 is 4.39 Å². The number of hydrogen-bond donors (Lipinski definition) is 1. The zero-order chi connectivity index (χ0) is 15.0. The highest BCUT2D eigenvalue weighted by Crippen LogP contribution is 2.33. The number of pyridine rings is 1. The molecule has 3 rings (SSSR count). The maximum Gasteiger partial charge on any atom is 0.148 e.